The van der Waals surface area contributed by atoms with Gasteiger partial charge in [0.15, 0.2) is 0 Å². The van der Waals surface area contributed by atoms with E-state index in [0.29, 0.717) is 19.6 Å². The average molecular weight is 423 g/mol. The lowest BCUT2D eigenvalue weighted by Crippen LogP contribution is -2.38. The standard InChI is InChI=1S/C25H30N2O2S/c1-5-20(4)27(25(28)14-21-9-7-6-8-10-21)15-22-17-30-24(26-22)16-29-23-12-11-18(2)19(3)13-23/h6-13,17,20H,5,14-16H2,1-4H3. The van der Waals surface area contributed by atoms with Crippen LogP contribution in [0.2, 0.25) is 0 Å². The molecule has 30 heavy (non-hydrogen) atoms. The molecule has 1 aromatic heterocycles. The van der Waals surface area contributed by atoms with E-state index >= 15 is 0 Å². The highest BCUT2D eigenvalue weighted by Gasteiger charge is 2.20. The Labute approximate surface area is 183 Å². The Hall–Kier alpha value is -2.66. The van der Waals surface area contributed by atoms with Gasteiger partial charge < -0.3 is 9.64 Å². The van der Waals surface area contributed by atoms with Crippen molar-refractivity contribution >= 4 is 17.2 Å². The molecule has 3 rings (SSSR count). The molecule has 0 aliphatic rings. The summed E-state index contributed by atoms with van der Waals surface area (Å²) < 4.78 is 5.91. The number of hydrogen-bond donors (Lipinski definition) is 0. The minimum Gasteiger partial charge on any atom is -0.486 e. The van der Waals surface area contributed by atoms with Crippen LogP contribution < -0.4 is 4.74 Å². The van der Waals surface area contributed by atoms with E-state index in [9.17, 15) is 4.79 Å². The molecule has 1 amide bonds. The highest BCUT2D eigenvalue weighted by atomic mass is 32.1. The lowest BCUT2D eigenvalue weighted by Gasteiger charge is -2.28. The molecule has 0 spiro atoms. The van der Waals surface area contributed by atoms with Crippen LogP contribution in [0, 0.1) is 13.8 Å². The number of carbonyl (C=O) groups is 1. The van der Waals surface area contributed by atoms with Crippen molar-refractivity contribution in [3.05, 3.63) is 81.3 Å². The number of aryl methyl sites for hydroxylation is 2. The Morgan fingerprint density at radius 3 is 2.60 bits per heavy atom. The monoisotopic (exact) mass is 422 g/mol. The lowest BCUT2D eigenvalue weighted by molar-refractivity contribution is -0.133. The molecular weight excluding hydrogens is 392 g/mol. The molecule has 1 unspecified atom stereocenters. The van der Waals surface area contributed by atoms with Crippen molar-refractivity contribution in [1.82, 2.24) is 9.88 Å². The van der Waals surface area contributed by atoms with Gasteiger partial charge in [0.2, 0.25) is 5.91 Å². The van der Waals surface area contributed by atoms with E-state index in [1.807, 2.05) is 46.7 Å². The summed E-state index contributed by atoms with van der Waals surface area (Å²) in [7, 11) is 0. The Morgan fingerprint density at radius 1 is 1.13 bits per heavy atom. The summed E-state index contributed by atoms with van der Waals surface area (Å²) in [4.78, 5) is 19.6. The summed E-state index contributed by atoms with van der Waals surface area (Å²) in [6, 6.07) is 16.2. The summed E-state index contributed by atoms with van der Waals surface area (Å²) in [5.41, 5.74) is 4.43. The first-order chi connectivity index (χ1) is 14.5. The number of nitrogens with zero attached hydrogens (tertiary/aromatic N) is 2. The predicted octanol–water partition coefficient (Wildman–Crippen LogP) is 5.71. The van der Waals surface area contributed by atoms with Gasteiger partial charge in [-0.05, 0) is 56.0 Å². The second-order valence-corrected chi connectivity index (χ2v) is 8.65. The maximum Gasteiger partial charge on any atom is 0.227 e. The first-order valence-corrected chi connectivity index (χ1v) is 11.3. The van der Waals surface area contributed by atoms with Crippen molar-refractivity contribution < 1.29 is 9.53 Å². The molecule has 3 aromatic rings. The molecule has 5 heteroatoms. The van der Waals surface area contributed by atoms with Crippen molar-refractivity contribution in [2.75, 3.05) is 0 Å². The Morgan fingerprint density at radius 2 is 1.90 bits per heavy atom. The zero-order valence-electron chi connectivity index (χ0n) is 18.2. The van der Waals surface area contributed by atoms with E-state index < -0.39 is 0 Å². The maximum atomic E-state index is 13.0. The molecule has 0 bridgehead atoms. The largest absolute Gasteiger partial charge is 0.486 e. The molecule has 0 saturated carbocycles. The molecule has 0 N–H and O–H groups in total. The summed E-state index contributed by atoms with van der Waals surface area (Å²) >= 11 is 1.58. The minimum absolute atomic E-state index is 0.136. The van der Waals surface area contributed by atoms with E-state index in [1.165, 1.54) is 11.1 Å². The zero-order chi connectivity index (χ0) is 21.5. The van der Waals surface area contributed by atoms with Gasteiger partial charge in [-0.15, -0.1) is 11.3 Å². The van der Waals surface area contributed by atoms with Gasteiger partial charge in [-0.1, -0.05) is 43.3 Å². The number of rotatable bonds is 9. The van der Waals surface area contributed by atoms with Crippen molar-refractivity contribution in [3.8, 4) is 5.75 Å². The number of amides is 1. The Balaban J connectivity index is 1.63. The third kappa shape index (κ3) is 5.92. The van der Waals surface area contributed by atoms with Crippen molar-refractivity contribution in [3.63, 3.8) is 0 Å². The molecule has 1 atom stereocenters. The van der Waals surface area contributed by atoms with Gasteiger partial charge in [0.1, 0.15) is 17.4 Å². The van der Waals surface area contributed by atoms with Gasteiger partial charge >= 0.3 is 0 Å². The molecule has 0 fully saturated rings. The number of thiazole rings is 1. The van der Waals surface area contributed by atoms with Crippen LogP contribution in [0.15, 0.2) is 53.9 Å². The lowest BCUT2D eigenvalue weighted by atomic mass is 10.1. The number of carbonyl (C=O) groups excluding carboxylic acids is 1. The molecule has 158 valence electrons. The Bertz CT molecular complexity index is 968. The van der Waals surface area contributed by atoms with Gasteiger partial charge in [0, 0.05) is 11.4 Å². The zero-order valence-corrected chi connectivity index (χ0v) is 19.0. The van der Waals surface area contributed by atoms with E-state index in [1.54, 1.807) is 11.3 Å². The summed E-state index contributed by atoms with van der Waals surface area (Å²) in [6.07, 6.45) is 1.32. The quantitative estimate of drug-likeness (QED) is 0.444. The fourth-order valence-corrected chi connectivity index (χ4v) is 3.89. The number of benzene rings is 2. The fourth-order valence-electron chi connectivity index (χ4n) is 3.19. The molecule has 0 saturated heterocycles. The van der Waals surface area contributed by atoms with Crippen LogP contribution in [-0.2, 0) is 24.4 Å². The normalized spacial score (nSPS) is 11.9. The van der Waals surface area contributed by atoms with Crippen LogP contribution in [-0.4, -0.2) is 21.8 Å². The highest BCUT2D eigenvalue weighted by molar-refractivity contribution is 7.09. The predicted molar refractivity (Wildman–Crippen MR) is 123 cm³/mol. The van der Waals surface area contributed by atoms with Crippen LogP contribution in [0.3, 0.4) is 0 Å². The van der Waals surface area contributed by atoms with Crippen LogP contribution in [0.4, 0.5) is 0 Å². The first-order valence-electron chi connectivity index (χ1n) is 10.4. The molecule has 4 nitrogen and oxygen atoms in total. The van der Waals surface area contributed by atoms with Crippen LogP contribution >= 0.6 is 11.3 Å². The molecule has 0 radical (unpaired) electrons. The van der Waals surface area contributed by atoms with Crippen LogP contribution in [0.1, 0.15) is 47.7 Å². The third-order valence-electron chi connectivity index (χ3n) is 5.41. The van der Waals surface area contributed by atoms with Gasteiger partial charge in [0.25, 0.3) is 0 Å². The molecular formula is C25H30N2O2S. The Kier molecular flexibility index (Phi) is 7.63. The second-order valence-electron chi connectivity index (χ2n) is 7.71. The summed E-state index contributed by atoms with van der Waals surface area (Å²) in [5.74, 6) is 0.991. The first kappa shape index (κ1) is 22.0. The third-order valence-corrected chi connectivity index (χ3v) is 6.28. The van der Waals surface area contributed by atoms with E-state index in [2.05, 4.69) is 39.8 Å². The maximum absolute atomic E-state index is 13.0. The topological polar surface area (TPSA) is 42.4 Å². The SMILES string of the molecule is CCC(C)N(Cc1csc(COc2ccc(C)c(C)c2)n1)C(=O)Cc1ccccc1. The van der Waals surface area contributed by atoms with E-state index in [0.717, 1.165) is 28.4 Å². The van der Waals surface area contributed by atoms with Gasteiger partial charge in [-0.3, -0.25) is 4.79 Å². The molecule has 1 heterocycles. The summed E-state index contributed by atoms with van der Waals surface area (Å²) in [6.45, 7) is 9.35. The van der Waals surface area contributed by atoms with Crippen molar-refractivity contribution in [2.45, 2.75) is 59.7 Å². The number of aromatic nitrogens is 1. The minimum atomic E-state index is 0.136. The van der Waals surface area contributed by atoms with Crippen LogP contribution in [0.5, 0.6) is 5.75 Å². The van der Waals surface area contributed by atoms with Gasteiger partial charge in [-0.2, -0.15) is 0 Å². The highest BCUT2D eigenvalue weighted by Crippen LogP contribution is 2.20. The van der Waals surface area contributed by atoms with E-state index in [-0.39, 0.29) is 11.9 Å². The summed E-state index contributed by atoms with van der Waals surface area (Å²) in [5, 5.41) is 2.95. The smallest absolute Gasteiger partial charge is 0.227 e. The number of ether oxygens (including phenoxy) is 1. The molecule has 0 aliphatic heterocycles. The van der Waals surface area contributed by atoms with Gasteiger partial charge in [-0.25, -0.2) is 4.98 Å². The van der Waals surface area contributed by atoms with Crippen molar-refractivity contribution in [1.29, 1.82) is 0 Å². The fraction of sp³-hybridized carbons (Fsp3) is 0.360. The average Bonchev–Trinajstić information content (AvgIpc) is 3.20. The van der Waals surface area contributed by atoms with Gasteiger partial charge in [0.05, 0.1) is 18.7 Å². The number of hydrogen-bond acceptors (Lipinski definition) is 4. The second kappa shape index (κ2) is 10.4. The molecule has 2 aromatic carbocycles. The van der Waals surface area contributed by atoms with Crippen molar-refractivity contribution in [2.24, 2.45) is 0 Å². The van der Waals surface area contributed by atoms with Crippen LogP contribution in [0.25, 0.3) is 0 Å². The molecule has 0 aliphatic carbocycles. The van der Waals surface area contributed by atoms with E-state index in [4.69, 9.17) is 9.72 Å².